The summed E-state index contributed by atoms with van der Waals surface area (Å²) in [5.74, 6) is 1.42. The zero-order chi connectivity index (χ0) is 21.9. The SMILES string of the molecule is COc1ccc(-c2cocc2-c2ccc(OCc3ccc4ccccc4n3)cc2)cc1Cl. The largest absolute Gasteiger partial charge is 0.495 e. The number of para-hydroxylation sites is 1. The number of nitrogens with zero attached hydrogens (tertiary/aromatic N) is 1. The lowest BCUT2D eigenvalue weighted by atomic mass is 9.99. The highest BCUT2D eigenvalue weighted by atomic mass is 35.5. The summed E-state index contributed by atoms with van der Waals surface area (Å²) in [6.07, 6.45) is 3.46. The molecule has 0 spiro atoms. The molecule has 2 aromatic heterocycles. The Morgan fingerprint density at radius 3 is 2.38 bits per heavy atom. The first-order chi connectivity index (χ1) is 15.7. The Kier molecular flexibility index (Phi) is 5.53. The van der Waals surface area contributed by atoms with Crippen molar-refractivity contribution in [2.45, 2.75) is 6.61 Å². The van der Waals surface area contributed by atoms with Crippen molar-refractivity contribution in [3.63, 3.8) is 0 Å². The van der Waals surface area contributed by atoms with Crippen molar-refractivity contribution < 1.29 is 13.9 Å². The minimum absolute atomic E-state index is 0.408. The summed E-state index contributed by atoms with van der Waals surface area (Å²) in [4.78, 5) is 4.66. The predicted octanol–water partition coefficient (Wildman–Crippen LogP) is 7.40. The molecule has 2 heterocycles. The van der Waals surface area contributed by atoms with Crippen LogP contribution in [0, 0.1) is 0 Å². The van der Waals surface area contributed by atoms with Crippen LogP contribution in [0.25, 0.3) is 33.2 Å². The zero-order valence-electron chi connectivity index (χ0n) is 17.4. The van der Waals surface area contributed by atoms with E-state index in [-0.39, 0.29) is 0 Å². The third-order valence-electron chi connectivity index (χ3n) is 5.33. The molecule has 0 aliphatic carbocycles. The molecular weight excluding hydrogens is 422 g/mol. The highest BCUT2D eigenvalue weighted by molar-refractivity contribution is 6.32. The summed E-state index contributed by atoms with van der Waals surface area (Å²) >= 11 is 6.31. The molecule has 0 N–H and O–H groups in total. The molecule has 0 amide bonds. The fourth-order valence-electron chi connectivity index (χ4n) is 3.65. The van der Waals surface area contributed by atoms with E-state index in [1.165, 1.54) is 0 Å². The average molecular weight is 442 g/mol. The van der Waals surface area contributed by atoms with Gasteiger partial charge in [-0.1, -0.05) is 54.1 Å². The van der Waals surface area contributed by atoms with Gasteiger partial charge < -0.3 is 13.9 Å². The van der Waals surface area contributed by atoms with E-state index in [0.717, 1.165) is 44.6 Å². The molecule has 32 heavy (non-hydrogen) atoms. The van der Waals surface area contributed by atoms with Crippen LogP contribution in [0.2, 0.25) is 5.02 Å². The number of aromatic nitrogens is 1. The van der Waals surface area contributed by atoms with Crippen LogP contribution in [0.4, 0.5) is 0 Å². The monoisotopic (exact) mass is 441 g/mol. The van der Waals surface area contributed by atoms with Gasteiger partial charge in [-0.3, -0.25) is 0 Å². The van der Waals surface area contributed by atoms with Crippen molar-refractivity contribution in [3.05, 3.63) is 102 Å². The molecule has 3 aromatic carbocycles. The smallest absolute Gasteiger partial charge is 0.137 e. The van der Waals surface area contributed by atoms with E-state index in [2.05, 4.69) is 17.1 Å². The maximum Gasteiger partial charge on any atom is 0.137 e. The molecule has 0 saturated carbocycles. The van der Waals surface area contributed by atoms with Crippen LogP contribution in [0.3, 0.4) is 0 Å². The minimum Gasteiger partial charge on any atom is -0.495 e. The summed E-state index contributed by atoms with van der Waals surface area (Å²) < 4.78 is 16.7. The van der Waals surface area contributed by atoms with Crippen molar-refractivity contribution >= 4 is 22.5 Å². The fourth-order valence-corrected chi connectivity index (χ4v) is 3.91. The molecule has 158 valence electrons. The zero-order valence-corrected chi connectivity index (χ0v) is 18.2. The second-order valence-electron chi connectivity index (χ2n) is 7.36. The highest BCUT2D eigenvalue weighted by Gasteiger charge is 2.12. The predicted molar refractivity (Wildman–Crippen MR) is 127 cm³/mol. The van der Waals surface area contributed by atoms with Gasteiger partial charge in [0.2, 0.25) is 0 Å². The van der Waals surface area contributed by atoms with E-state index in [0.29, 0.717) is 17.4 Å². The van der Waals surface area contributed by atoms with E-state index in [1.54, 1.807) is 19.6 Å². The van der Waals surface area contributed by atoms with Crippen LogP contribution in [-0.4, -0.2) is 12.1 Å². The molecule has 0 radical (unpaired) electrons. The Balaban J connectivity index is 1.33. The Morgan fingerprint density at radius 2 is 1.59 bits per heavy atom. The van der Waals surface area contributed by atoms with Gasteiger partial charge in [0, 0.05) is 16.5 Å². The maximum absolute atomic E-state index is 6.31. The van der Waals surface area contributed by atoms with E-state index < -0.39 is 0 Å². The van der Waals surface area contributed by atoms with Crippen LogP contribution >= 0.6 is 11.6 Å². The van der Waals surface area contributed by atoms with Gasteiger partial charge in [0.25, 0.3) is 0 Å². The molecule has 0 aliphatic rings. The number of ether oxygens (including phenoxy) is 2. The minimum atomic E-state index is 0.408. The molecule has 0 fully saturated rings. The average Bonchev–Trinajstić information content (AvgIpc) is 3.33. The van der Waals surface area contributed by atoms with Crippen molar-refractivity contribution in [2.24, 2.45) is 0 Å². The van der Waals surface area contributed by atoms with Gasteiger partial charge in [-0.15, -0.1) is 0 Å². The molecule has 0 atom stereocenters. The molecule has 0 saturated heterocycles. The summed E-state index contributed by atoms with van der Waals surface area (Å²) in [5, 5.41) is 1.68. The van der Waals surface area contributed by atoms with E-state index in [1.807, 2.05) is 66.7 Å². The van der Waals surface area contributed by atoms with Gasteiger partial charge in [0.05, 0.1) is 35.9 Å². The van der Waals surface area contributed by atoms with Gasteiger partial charge in [-0.05, 0) is 47.5 Å². The summed E-state index contributed by atoms with van der Waals surface area (Å²) in [7, 11) is 1.60. The van der Waals surface area contributed by atoms with Crippen LogP contribution in [0.1, 0.15) is 5.69 Å². The molecule has 0 unspecified atom stereocenters. The third-order valence-corrected chi connectivity index (χ3v) is 5.63. The van der Waals surface area contributed by atoms with Gasteiger partial charge in [-0.2, -0.15) is 0 Å². The Labute approximate surface area is 191 Å². The number of rotatable bonds is 6. The lowest BCUT2D eigenvalue weighted by Gasteiger charge is -2.09. The normalized spacial score (nSPS) is 10.9. The highest BCUT2D eigenvalue weighted by Crippen LogP contribution is 2.37. The molecule has 5 rings (SSSR count). The molecule has 0 bridgehead atoms. The van der Waals surface area contributed by atoms with Crippen LogP contribution in [0.15, 0.2) is 95.8 Å². The number of hydrogen-bond acceptors (Lipinski definition) is 4. The summed E-state index contributed by atoms with van der Waals surface area (Å²) in [6, 6.07) is 25.8. The third kappa shape index (κ3) is 4.05. The Morgan fingerprint density at radius 1 is 0.844 bits per heavy atom. The first-order valence-electron chi connectivity index (χ1n) is 10.2. The standard InChI is InChI=1S/C27H20ClNO3/c1-30-27-13-9-20(14-25(27)28)24-17-31-16-23(24)18-7-11-22(12-8-18)32-15-21-10-6-19-4-2-3-5-26(19)29-21/h2-14,16-17H,15H2,1H3. The number of halogens is 1. The first-order valence-corrected chi connectivity index (χ1v) is 10.6. The Hall–Kier alpha value is -3.76. The molecule has 4 nitrogen and oxygen atoms in total. The first kappa shape index (κ1) is 20.2. The van der Waals surface area contributed by atoms with Crippen molar-refractivity contribution in [2.75, 3.05) is 7.11 Å². The molecular formula is C27H20ClNO3. The Bertz CT molecular complexity index is 1380. The van der Waals surface area contributed by atoms with E-state index in [9.17, 15) is 0 Å². The number of pyridine rings is 1. The van der Waals surface area contributed by atoms with Crippen LogP contribution in [-0.2, 0) is 6.61 Å². The number of fused-ring (bicyclic) bond motifs is 1. The van der Waals surface area contributed by atoms with Crippen LogP contribution in [0.5, 0.6) is 11.5 Å². The number of hydrogen-bond donors (Lipinski definition) is 0. The number of furan rings is 1. The van der Waals surface area contributed by atoms with E-state index >= 15 is 0 Å². The molecule has 0 aliphatic heterocycles. The topological polar surface area (TPSA) is 44.5 Å². The van der Waals surface area contributed by atoms with Crippen molar-refractivity contribution in [1.82, 2.24) is 4.98 Å². The quantitative estimate of drug-likeness (QED) is 0.275. The van der Waals surface area contributed by atoms with Crippen molar-refractivity contribution in [3.8, 4) is 33.8 Å². The number of methoxy groups -OCH3 is 1. The fraction of sp³-hybridized carbons (Fsp3) is 0.0741. The van der Waals surface area contributed by atoms with Gasteiger partial charge in [0.15, 0.2) is 0 Å². The summed E-state index contributed by atoms with van der Waals surface area (Å²) in [5.41, 5.74) is 5.79. The maximum atomic E-state index is 6.31. The van der Waals surface area contributed by atoms with Gasteiger partial charge in [-0.25, -0.2) is 4.98 Å². The van der Waals surface area contributed by atoms with Gasteiger partial charge in [0.1, 0.15) is 18.1 Å². The van der Waals surface area contributed by atoms with Crippen molar-refractivity contribution in [1.29, 1.82) is 0 Å². The van der Waals surface area contributed by atoms with Gasteiger partial charge >= 0.3 is 0 Å². The van der Waals surface area contributed by atoms with Crippen LogP contribution < -0.4 is 9.47 Å². The number of benzene rings is 3. The second kappa shape index (κ2) is 8.77. The molecule has 5 aromatic rings. The van der Waals surface area contributed by atoms with E-state index in [4.69, 9.17) is 25.5 Å². The molecule has 5 heteroatoms. The lowest BCUT2D eigenvalue weighted by Crippen LogP contribution is -1.98. The second-order valence-corrected chi connectivity index (χ2v) is 7.76. The summed E-state index contributed by atoms with van der Waals surface area (Å²) in [6.45, 7) is 0.408. The lowest BCUT2D eigenvalue weighted by molar-refractivity contribution is 0.302.